The molecule has 14 heavy (non-hydrogen) atoms. The number of pyridine rings is 1. The summed E-state index contributed by atoms with van der Waals surface area (Å²) in [4.78, 5) is 14.2. The fourth-order valence-electron chi connectivity index (χ4n) is 1.30. The monoisotopic (exact) mass is 189 g/mol. The Morgan fingerprint density at radius 2 is 2.07 bits per heavy atom. The molecule has 5 nitrogen and oxygen atoms in total. The normalized spacial score (nSPS) is 10.4. The molecule has 72 valence electrons. The molecule has 2 aromatic rings. The van der Waals surface area contributed by atoms with Crippen LogP contribution in [0.25, 0.3) is 11.0 Å². The van der Waals surface area contributed by atoms with E-state index in [-0.39, 0.29) is 5.95 Å². The number of rotatable bonds is 1. The van der Waals surface area contributed by atoms with Crippen LogP contribution >= 0.6 is 0 Å². The number of hydrogen-bond acceptors (Lipinski definition) is 5. The van der Waals surface area contributed by atoms with Crippen molar-refractivity contribution >= 4 is 22.8 Å². The van der Waals surface area contributed by atoms with Crippen LogP contribution in [0.5, 0.6) is 0 Å². The van der Waals surface area contributed by atoms with E-state index in [1.54, 1.807) is 6.20 Å². The molecule has 5 heteroatoms. The quantitative estimate of drug-likeness (QED) is 0.714. The first-order valence-corrected chi connectivity index (χ1v) is 4.24. The molecule has 0 bridgehead atoms. The molecule has 0 saturated carbocycles. The maximum atomic E-state index is 5.57. The summed E-state index contributed by atoms with van der Waals surface area (Å²) in [6, 6.07) is 3.78. The van der Waals surface area contributed by atoms with Gasteiger partial charge in [-0.05, 0) is 12.1 Å². The standard InChI is InChI=1S/C9H11N5/c1-14(2)8-6-4-3-5-11-7(6)12-9(10)13-8/h3-5H,1-2H3,(H2,10,11,12,13). The lowest BCUT2D eigenvalue weighted by molar-refractivity contribution is 1.06. The van der Waals surface area contributed by atoms with Gasteiger partial charge >= 0.3 is 0 Å². The highest BCUT2D eigenvalue weighted by Gasteiger charge is 2.07. The minimum absolute atomic E-state index is 0.250. The second kappa shape index (κ2) is 3.10. The average Bonchev–Trinajstić information content (AvgIpc) is 2.16. The zero-order chi connectivity index (χ0) is 10.1. The molecule has 0 aliphatic carbocycles. The molecule has 2 aromatic heterocycles. The molecular formula is C9H11N5. The van der Waals surface area contributed by atoms with Gasteiger partial charge in [-0.15, -0.1) is 0 Å². The van der Waals surface area contributed by atoms with Gasteiger partial charge in [-0.3, -0.25) is 0 Å². The summed E-state index contributed by atoms with van der Waals surface area (Å²) in [5, 5.41) is 0.909. The zero-order valence-corrected chi connectivity index (χ0v) is 8.10. The van der Waals surface area contributed by atoms with Gasteiger partial charge in [0.15, 0.2) is 5.65 Å². The largest absolute Gasteiger partial charge is 0.368 e. The summed E-state index contributed by atoms with van der Waals surface area (Å²) in [7, 11) is 3.82. The predicted octanol–water partition coefficient (Wildman–Crippen LogP) is 0.673. The van der Waals surface area contributed by atoms with Gasteiger partial charge in [0.2, 0.25) is 5.95 Å². The minimum atomic E-state index is 0.250. The van der Waals surface area contributed by atoms with Crippen LogP contribution in [0.3, 0.4) is 0 Å². The maximum absolute atomic E-state index is 5.57. The average molecular weight is 189 g/mol. The van der Waals surface area contributed by atoms with Gasteiger partial charge in [0, 0.05) is 20.3 Å². The van der Waals surface area contributed by atoms with Crippen LogP contribution in [-0.2, 0) is 0 Å². The molecule has 0 atom stereocenters. The molecule has 0 unspecified atom stereocenters. The molecule has 0 saturated heterocycles. The van der Waals surface area contributed by atoms with E-state index in [1.807, 2.05) is 31.1 Å². The number of nitrogen functional groups attached to an aromatic ring is 1. The first-order valence-electron chi connectivity index (χ1n) is 4.24. The van der Waals surface area contributed by atoms with Crippen molar-refractivity contribution in [2.75, 3.05) is 24.7 Å². The van der Waals surface area contributed by atoms with Crippen LogP contribution < -0.4 is 10.6 Å². The van der Waals surface area contributed by atoms with E-state index in [0.29, 0.717) is 5.65 Å². The molecule has 0 fully saturated rings. The lowest BCUT2D eigenvalue weighted by Crippen LogP contribution is -2.13. The van der Waals surface area contributed by atoms with Crippen LogP contribution in [-0.4, -0.2) is 29.0 Å². The summed E-state index contributed by atoms with van der Waals surface area (Å²) in [5.74, 6) is 1.04. The van der Waals surface area contributed by atoms with Crippen molar-refractivity contribution in [3.8, 4) is 0 Å². The van der Waals surface area contributed by atoms with Crippen LogP contribution in [0.2, 0.25) is 0 Å². The van der Waals surface area contributed by atoms with Gasteiger partial charge in [-0.1, -0.05) is 0 Å². The van der Waals surface area contributed by atoms with Gasteiger partial charge in [0.1, 0.15) is 5.82 Å². The summed E-state index contributed by atoms with van der Waals surface area (Å²) in [6.07, 6.45) is 1.69. The molecule has 0 spiro atoms. The number of fused-ring (bicyclic) bond motifs is 1. The Bertz CT molecular complexity index is 466. The Hall–Kier alpha value is -1.91. The number of anilines is 2. The molecule has 2 rings (SSSR count). The Kier molecular flexibility index (Phi) is 1.92. The van der Waals surface area contributed by atoms with E-state index in [0.717, 1.165) is 11.2 Å². The van der Waals surface area contributed by atoms with E-state index < -0.39 is 0 Å². The lowest BCUT2D eigenvalue weighted by Gasteiger charge is -2.13. The van der Waals surface area contributed by atoms with Crippen LogP contribution in [0.4, 0.5) is 11.8 Å². The smallest absolute Gasteiger partial charge is 0.224 e. The second-order valence-electron chi connectivity index (χ2n) is 3.17. The summed E-state index contributed by atoms with van der Waals surface area (Å²) < 4.78 is 0. The highest BCUT2D eigenvalue weighted by atomic mass is 15.2. The molecule has 0 aliphatic rings. The Labute approximate surface area is 81.6 Å². The van der Waals surface area contributed by atoms with E-state index in [2.05, 4.69) is 15.0 Å². The molecule has 0 amide bonds. The van der Waals surface area contributed by atoms with E-state index in [4.69, 9.17) is 5.73 Å². The summed E-state index contributed by atoms with van der Waals surface area (Å²) in [6.45, 7) is 0. The fourth-order valence-corrected chi connectivity index (χ4v) is 1.30. The van der Waals surface area contributed by atoms with Gasteiger partial charge in [-0.2, -0.15) is 9.97 Å². The maximum Gasteiger partial charge on any atom is 0.224 e. The highest BCUT2D eigenvalue weighted by molar-refractivity contribution is 5.87. The molecule has 0 aliphatic heterocycles. The van der Waals surface area contributed by atoms with Crippen LogP contribution in [0.15, 0.2) is 18.3 Å². The van der Waals surface area contributed by atoms with Crippen molar-refractivity contribution in [2.24, 2.45) is 0 Å². The van der Waals surface area contributed by atoms with Gasteiger partial charge in [-0.25, -0.2) is 4.98 Å². The molecule has 0 aromatic carbocycles. The zero-order valence-electron chi connectivity index (χ0n) is 8.10. The second-order valence-corrected chi connectivity index (χ2v) is 3.17. The third-order valence-electron chi connectivity index (χ3n) is 1.89. The third kappa shape index (κ3) is 1.32. The van der Waals surface area contributed by atoms with Crippen molar-refractivity contribution in [2.45, 2.75) is 0 Å². The summed E-state index contributed by atoms with van der Waals surface area (Å²) >= 11 is 0. The molecular weight excluding hydrogens is 178 g/mol. The molecule has 2 heterocycles. The third-order valence-corrected chi connectivity index (χ3v) is 1.89. The van der Waals surface area contributed by atoms with Crippen LogP contribution in [0.1, 0.15) is 0 Å². The lowest BCUT2D eigenvalue weighted by atomic mass is 10.3. The van der Waals surface area contributed by atoms with Gasteiger partial charge in [0.25, 0.3) is 0 Å². The SMILES string of the molecule is CN(C)c1nc(N)nc2ncccc12. The van der Waals surface area contributed by atoms with Crippen molar-refractivity contribution < 1.29 is 0 Å². The van der Waals surface area contributed by atoms with E-state index in [1.165, 1.54) is 0 Å². The fraction of sp³-hybridized carbons (Fsp3) is 0.222. The number of nitrogens with zero attached hydrogens (tertiary/aromatic N) is 4. The first kappa shape index (κ1) is 8.68. The van der Waals surface area contributed by atoms with Crippen molar-refractivity contribution in [3.63, 3.8) is 0 Å². The first-order chi connectivity index (χ1) is 6.68. The van der Waals surface area contributed by atoms with Crippen molar-refractivity contribution in [1.82, 2.24) is 15.0 Å². The number of nitrogens with two attached hydrogens (primary N) is 1. The number of aromatic nitrogens is 3. The molecule has 0 radical (unpaired) electrons. The van der Waals surface area contributed by atoms with Crippen LogP contribution in [0, 0.1) is 0 Å². The summed E-state index contributed by atoms with van der Waals surface area (Å²) in [5.41, 5.74) is 6.20. The minimum Gasteiger partial charge on any atom is -0.368 e. The topological polar surface area (TPSA) is 67.9 Å². The van der Waals surface area contributed by atoms with E-state index in [9.17, 15) is 0 Å². The van der Waals surface area contributed by atoms with Crippen molar-refractivity contribution in [3.05, 3.63) is 18.3 Å². The van der Waals surface area contributed by atoms with E-state index >= 15 is 0 Å². The van der Waals surface area contributed by atoms with Gasteiger partial charge < -0.3 is 10.6 Å². The van der Waals surface area contributed by atoms with Gasteiger partial charge in [0.05, 0.1) is 5.39 Å². The number of hydrogen-bond donors (Lipinski definition) is 1. The molecule has 2 N–H and O–H groups in total. The van der Waals surface area contributed by atoms with Crippen molar-refractivity contribution in [1.29, 1.82) is 0 Å². The predicted molar refractivity (Wildman–Crippen MR) is 56.1 cm³/mol. The Balaban J connectivity index is 2.80. The Morgan fingerprint density at radius 1 is 1.29 bits per heavy atom. The Morgan fingerprint density at radius 3 is 2.79 bits per heavy atom. The highest BCUT2D eigenvalue weighted by Crippen LogP contribution is 2.20.